The van der Waals surface area contributed by atoms with Gasteiger partial charge in [-0.05, 0) is 18.2 Å². The number of ketones is 1. The van der Waals surface area contributed by atoms with E-state index in [-0.39, 0.29) is 5.56 Å². The van der Waals surface area contributed by atoms with Gasteiger partial charge in [-0.1, -0.05) is 0 Å². The van der Waals surface area contributed by atoms with E-state index in [2.05, 4.69) is 4.99 Å². The standard InChI is InChI=1S/C10H3F3N2O2/c11-10(12,13)9(17)7-3-6(4-14)1-2-8(7)15-5-16/h1-3H. The van der Waals surface area contributed by atoms with Gasteiger partial charge in [-0.3, -0.25) is 4.79 Å². The number of aliphatic imine (C=N–C) groups is 1. The van der Waals surface area contributed by atoms with Gasteiger partial charge in [0.2, 0.25) is 6.08 Å². The van der Waals surface area contributed by atoms with E-state index in [4.69, 9.17) is 5.26 Å². The topological polar surface area (TPSA) is 70.3 Å². The van der Waals surface area contributed by atoms with Gasteiger partial charge in [-0.2, -0.15) is 23.4 Å². The van der Waals surface area contributed by atoms with Gasteiger partial charge in [-0.15, -0.1) is 0 Å². The molecule has 0 saturated carbocycles. The number of hydrogen-bond donors (Lipinski definition) is 0. The van der Waals surface area contributed by atoms with E-state index in [1.54, 1.807) is 6.07 Å². The Morgan fingerprint density at radius 3 is 2.47 bits per heavy atom. The maximum Gasteiger partial charge on any atom is 0.454 e. The van der Waals surface area contributed by atoms with E-state index in [1.807, 2.05) is 0 Å². The molecule has 0 spiro atoms. The molecule has 0 fully saturated rings. The van der Waals surface area contributed by atoms with Crippen LogP contribution in [0.25, 0.3) is 0 Å². The van der Waals surface area contributed by atoms with Crippen molar-refractivity contribution in [3.05, 3.63) is 29.3 Å². The van der Waals surface area contributed by atoms with Crippen LogP contribution in [0.5, 0.6) is 0 Å². The summed E-state index contributed by atoms with van der Waals surface area (Å²) in [5, 5.41) is 8.52. The fourth-order valence-electron chi connectivity index (χ4n) is 1.09. The van der Waals surface area contributed by atoms with E-state index in [1.165, 1.54) is 0 Å². The number of hydrogen-bond acceptors (Lipinski definition) is 4. The molecule has 1 aromatic carbocycles. The Balaban J connectivity index is 3.43. The summed E-state index contributed by atoms with van der Waals surface area (Å²) in [5.74, 6) is -2.16. The molecular formula is C10H3F3N2O2. The number of isocyanates is 1. The van der Waals surface area contributed by atoms with Crippen LogP contribution in [-0.4, -0.2) is 18.0 Å². The van der Waals surface area contributed by atoms with Crippen molar-refractivity contribution in [3.8, 4) is 6.07 Å². The molecule has 0 N–H and O–H groups in total. The molecule has 0 unspecified atom stereocenters. The SMILES string of the molecule is N#Cc1ccc(N=C=O)c(C(=O)C(F)(F)F)c1. The molecule has 17 heavy (non-hydrogen) atoms. The minimum Gasteiger partial charge on any atom is -0.284 e. The molecule has 0 amide bonds. The lowest BCUT2D eigenvalue weighted by Gasteiger charge is -2.07. The van der Waals surface area contributed by atoms with Crippen molar-refractivity contribution in [2.75, 3.05) is 0 Å². The number of nitrogens with zero attached hydrogens (tertiary/aromatic N) is 2. The second-order valence-electron chi connectivity index (χ2n) is 2.87. The lowest BCUT2D eigenvalue weighted by atomic mass is 10.1. The number of benzene rings is 1. The number of rotatable bonds is 2. The highest BCUT2D eigenvalue weighted by Gasteiger charge is 2.40. The third-order valence-corrected chi connectivity index (χ3v) is 1.79. The Bertz CT molecular complexity index is 552. The average Bonchev–Trinajstić information content (AvgIpc) is 2.28. The van der Waals surface area contributed by atoms with Gasteiger partial charge < -0.3 is 0 Å². The van der Waals surface area contributed by atoms with Crippen LogP contribution < -0.4 is 0 Å². The molecule has 0 bridgehead atoms. The Hall–Kier alpha value is -2.45. The zero-order valence-electron chi connectivity index (χ0n) is 8.08. The zero-order valence-corrected chi connectivity index (χ0v) is 8.08. The molecule has 0 aliphatic heterocycles. The largest absolute Gasteiger partial charge is 0.454 e. The summed E-state index contributed by atoms with van der Waals surface area (Å²) in [6.07, 6.45) is -4.06. The van der Waals surface area contributed by atoms with E-state index in [0.29, 0.717) is 0 Å². The summed E-state index contributed by atoms with van der Waals surface area (Å²) < 4.78 is 36.7. The Morgan fingerprint density at radius 1 is 1.35 bits per heavy atom. The van der Waals surface area contributed by atoms with Crippen LogP contribution >= 0.6 is 0 Å². The van der Waals surface area contributed by atoms with Gasteiger partial charge in [-0.25, -0.2) is 4.79 Å². The first-order chi connectivity index (χ1) is 7.90. The first-order valence-corrected chi connectivity index (χ1v) is 4.13. The van der Waals surface area contributed by atoms with Gasteiger partial charge in [0.15, 0.2) is 0 Å². The zero-order chi connectivity index (χ0) is 13.1. The minimum absolute atomic E-state index is 0.137. The second-order valence-corrected chi connectivity index (χ2v) is 2.87. The Kier molecular flexibility index (Phi) is 3.41. The molecular weight excluding hydrogens is 237 g/mol. The van der Waals surface area contributed by atoms with Crippen molar-refractivity contribution >= 4 is 17.6 Å². The van der Waals surface area contributed by atoms with Crippen LogP contribution in [0.2, 0.25) is 0 Å². The van der Waals surface area contributed by atoms with E-state index < -0.39 is 23.2 Å². The van der Waals surface area contributed by atoms with Crippen LogP contribution in [-0.2, 0) is 4.79 Å². The average molecular weight is 240 g/mol. The van der Waals surface area contributed by atoms with Gasteiger partial charge in [0.25, 0.3) is 5.78 Å². The highest BCUT2D eigenvalue weighted by Crippen LogP contribution is 2.28. The molecule has 86 valence electrons. The van der Waals surface area contributed by atoms with Crippen molar-refractivity contribution in [1.29, 1.82) is 5.26 Å². The molecule has 0 radical (unpaired) electrons. The maximum atomic E-state index is 12.2. The first kappa shape index (κ1) is 12.6. The number of carbonyl (C=O) groups is 1. The Labute approximate surface area is 93.0 Å². The van der Waals surface area contributed by atoms with Crippen molar-refractivity contribution in [2.24, 2.45) is 4.99 Å². The van der Waals surface area contributed by atoms with Crippen molar-refractivity contribution < 1.29 is 22.8 Å². The van der Waals surface area contributed by atoms with Gasteiger partial charge in [0.1, 0.15) is 0 Å². The molecule has 0 heterocycles. The normalized spacial score (nSPS) is 10.2. The predicted molar refractivity (Wildman–Crippen MR) is 49.3 cm³/mol. The fraction of sp³-hybridized carbons (Fsp3) is 0.100. The molecule has 1 aromatic rings. The number of alkyl halides is 3. The molecule has 0 atom stereocenters. The summed E-state index contributed by atoms with van der Waals surface area (Å²) in [7, 11) is 0. The molecule has 0 saturated heterocycles. The van der Waals surface area contributed by atoms with Crippen LogP contribution in [0.3, 0.4) is 0 Å². The fourth-order valence-corrected chi connectivity index (χ4v) is 1.09. The number of Topliss-reactive ketones (excluding diaryl/α,β-unsaturated/α-hetero) is 1. The van der Waals surface area contributed by atoms with E-state index >= 15 is 0 Å². The third kappa shape index (κ3) is 2.77. The summed E-state index contributed by atoms with van der Waals surface area (Å²) in [6, 6.07) is 4.43. The van der Waals surface area contributed by atoms with Crippen LogP contribution in [0, 0.1) is 11.3 Å². The second kappa shape index (κ2) is 4.60. The summed E-state index contributed by atoms with van der Waals surface area (Å²) in [4.78, 5) is 24.0. The summed E-state index contributed by atoms with van der Waals surface area (Å²) in [6.45, 7) is 0. The van der Waals surface area contributed by atoms with Crippen molar-refractivity contribution in [2.45, 2.75) is 6.18 Å². The van der Waals surface area contributed by atoms with Crippen molar-refractivity contribution in [3.63, 3.8) is 0 Å². The lowest BCUT2D eigenvalue weighted by molar-refractivity contribution is -0.0884. The Morgan fingerprint density at radius 2 is 2.00 bits per heavy atom. The van der Waals surface area contributed by atoms with Crippen molar-refractivity contribution in [1.82, 2.24) is 0 Å². The minimum atomic E-state index is -5.10. The molecule has 1 rings (SSSR count). The number of carbonyl (C=O) groups excluding carboxylic acids is 2. The van der Waals surface area contributed by atoms with E-state index in [9.17, 15) is 22.8 Å². The van der Waals surface area contributed by atoms with E-state index in [0.717, 1.165) is 24.3 Å². The monoisotopic (exact) mass is 240 g/mol. The van der Waals surface area contributed by atoms with Gasteiger partial charge in [0.05, 0.1) is 22.9 Å². The third-order valence-electron chi connectivity index (χ3n) is 1.79. The summed E-state index contributed by atoms with van der Waals surface area (Å²) >= 11 is 0. The molecule has 7 heteroatoms. The molecule has 0 aliphatic carbocycles. The molecule has 0 aliphatic rings. The quantitative estimate of drug-likeness (QED) is 0.452. The van der Waals surface area contributed by atoms with Crippen LogP contribution in [0.1, 0.15) is 15.9 Å². The highest BCUT2D eigenvalue weighted by molar-refractivity contribution is 6.04. The predicted octanol–water partition coefficient (Wildman–Crippen LogP) is 2.27. The van der Waals surface area contributed by atoms with Gasteiger partial charge in [0, 0.05) is 0 Å². The lowest BCUT2D eigenvalue weighted by Crippen LogP contribution is -2.22. The number of nitriles is 1. The summed E-state index contributed by atoms with van der Waals surface area (Å²) in [5.41, 5.74) is -1.45. The molecule has 0 aromatic heterocycles. The maximum absolute atomic E-state index is 12.2. The number of halogens is 3. The first-order valence-electron chi connectivity index (χ1n) is 4.13. The smallest absolute Gasteiger partial charge is 0.284 e. The van der Waals surface area contributed by atoms with Crippen LogP contribution in [0.15, 0.2) is 23.2 Å². The highest BCUT2D eigenvalue weighted by atomic mass is 19.4. The van der Waals surface area contributed by atoms with Gasteiger partial charge >= 0.3 is 6.18 Å². The molecule has 4 nitrogen and oxygen atoms in total. The van der Waals surface area contributed by atoms with Crippen LogP contribution in [0.4, 0.5) is 18.9 Å².